The summed E-state index contributed by atoms with van der Waals surface area (Å²) in [6.45, 7) is 1.30. The van der Waals surface area contributed by atoms with Crippen LogP contribution in [0.1, 0.15) is 36.0 Å². The fraction of sp³-hybridized carbons (Fsp3) is 0.364. The summed E-state index contributed by atoms with van der Waals surface area (Å²) in [7, 11) is 0. The van der Waals surface area contributed by atoms with Crippen LogP contribution in [0.25, 0.3) is 0 Å². The van der Waals surface area contributed by atoms with E-state index in [9.17, 15) is 4.79 Å². The molecule has 5 rings (SSSR count). The van der Waals surface area contributed by atoms with Gasteiger partial charge in [0.2, 0.25) is 0 Å². The van der Waals surface area contributed by atoms with E-state index in [2.05, 4.69) is 6.08 Å². The minimum atomic E-state index is -0.511. The van der Waals surface area contributed by atoms with E-state index in [0.29, 0.717) is 39.1 Å². The number of allylic oxidation sites excluding steroid dienone is 1. The molecule has 2 heterocycles. The predicted molar refractivity (Wildman–Crippen MR) is 148 cm³/mol. The van der Waals surface area contributed by atoms with Gasteiger partial charge in [-0.1, -0.05) is 103 Å². The van der Waals surface area contributed by atoms with Gasteiger partial charge in [-0.15, -0.1) is 0 Å². The first-order valence-corrected chi connectivity index (χ1v) is 13.7. The van der Waals surface area contributed by atoms with Crippen molar-refractivity contribution in [2.24, 2.45) is 0 Å². The molecule has 6 heteroatoms. The monoisotopic (exact) mass is 528 g/mol. The Balaban J connectivity index is 1.44. The van der Waals surface area contributed by atoms with Gasteiger partial charge >= 0.3 is 5.97 Å². The van der Waals surface area contributed by atoms with E-state index in [0.717, 1.165) is 16.7 Å². The highest BCUT2D eigenvalue weighted by Crippen LogP contribution is 2.32. The third-order valence-corrected chi connectivity index (χ3v) is 7.04. The van der Waals surface area contributed by atoms with E-state index in [4.69, 9.17) is 23.7 Å². The number of hydrogen-bond acceptors (Lipinski definition) is 6. The van der Waals surface area contributed by atoms with Crippen LogP contribution < -0.4 is 0 Å². The Labute approximate surface area is 230 Å². The molecule has 1 fully saturated rings. The summed E-state index contributed by atoms with van der Waals surface area (Å²) in [5.41, 5.74) is 3.18. The molecule has 2 aliphatic rings. The van der Waals surface area contributed by atoms with Crippen LogP contribution in [-0.4, -0.2) is 43.1 Å². The zero-order valence-electron chi connectivity index (χ0n) is 22.1. The number of hydrogen-bond donors (Lipinski definition) is 0. The zero-order chi connectivity index (χ0) is 26.7. The molecule has 0 N–H and O–H groups in total. The molecule has 2 aliphatic heterocycles. The van der Waals surface area contributed by atoms with Crippen molar-refractivity contribution in [3.63, 3.8) is 0 Å². The second kappa shape index (κ2) is 14.2. The molecule has 0 spiro atoms. The van der Waals surface area contributed by atoms with E-state index >= 15 is 0 Å². The van der Waals surface area contributed by atoms with Gasteiger partial charge in [0.05, 0.1) is 25.9 Å². The minimum absolute atomic E-state index is 0.103. The average molecular weight is 529 g/mol. The Bertz CT molecular complexity index is 1170. The van der Waals surface area contributed by atoms with E-state index in [-0.39, 0.29) is 18.7 Å². The fourth-order valence-corrected chi connectivity index (χ4v) is 5.00. The van der Waals surface area contributed by atoms with Gasteiger partial charge in [-0.2, -0.15) is 0 Å². The summed E-state index contributed by atoms with van der Waals surface area (Å²) in [5.74, 6) is -0.243. The molecular formula is C33H36O6. The first kappa shape index (κ1) is 27.3. The van der Waals surface area contributed by atoms with Crippen LogP contribution in [0, 0.1) is 0 Å². The molecule has 0 amide bonds. The van der Waals surface area contributed by atoms with Crippen LogP contribution in [0.15, 0.2) is 103 Å². The molecule has 0 aliphatic carbocycles. The minimum Gasteiger partial charge on any atom is -0.463 e. The summed E-state index contributed by atoms with van der Waals surface area (Å²) in [4.78, 5) is 12.4. The summed E-state index contributed by atoms with van der Waals surface area (Å²) in [6.07, 6.45) is 3.55. The fourth-order valence-electron chi connectivity index (χ4n) is 5.00. The van der Waals surface area contributed by atoms with Crippen LogP contribution in [0.5, 0.6) is 0 Å². The first-order valence-electron chi connectivity index (χ1n) is 13.7. The summed E-state index contributed by atoms with van der Waals surface area (Å²) in [6, 6.07) is 30.2. The van der Waals surface area contributed by atoms with Gasteiger partial charge < -0.3 is 23.7 Å². The Morgan fingerprint density at radius 3 is 1.64 bits per heavy atom. The van der Waals surface area contributed by atoms with Crippen molar-refractivity contribution in [2.45, 2.75) is 69.6 Å². The molecule has 3 aromatic rings. The van der Waals surface area contributed by atoms with Gasteiger partial charge in [-0.25, -0.2) is 0 Å². The van der Waals surface area contributed by atoms with Crippen molar-refractivity contribution in [1.29, 1.82) is 0 Å². The van der Waals surface area contributed by atoms with Crippen molar-refractivity contribution in [2.75, 3.05) is 6.61 Å². The third kappa shape index (κ3) is 7.87. The quantitative estimate of drug-likeness (QED) is 0.259. The van der Waals surface area contributed by atoms with Crippen molar-refractivity contribution in [3.05, 3.63) is 120 Å². The van der Waals surface area contributed by atoms with Gasteiger partial charge in [0.1, 0.15) is 31.0 Å². The molecule has 0 radical (unpaired) electrons. The number of rotatable bonds is 9. The van der Waals surface area contributed by atoms with Crippen molar-refractivity contribution in [3.8, 4) is 0 Å². The normalized spacial score (nSPS) is 25.4. The first-order chi connectivity index (χ1) is 19.3. The zero-order valence-corrected chi connectivity index (χ0v) is 22.1. The van der Waals surface area contributed by atoms with Crippen LogP contribution in [-0.2, 0) is 48.3 Å². The molecule has 3 aromatic carbocycles. The maximum atomic E-state index is 12.4. The summed E-state index contributed by atoms with van der Waals surface area (Å²) < 4.78 is 32.0. The van der Waals surface area contributed by atoms with Crippen molar-refractivity contribution >= 4 is 5.97 Å². The number of cyclic esters (lactones) is 1. The molecule has 5 atom stereocenters. The van der Waals surface area contributed by atoms with Crippen LogP contribution >= 0.6 is 0 Å². The number of esters is 1. The maximum Gasteiger partial charge on any atom is 0.306 e. The number of carbonyl (C=O) groups excluding carboxylic acids is 1. The van der Waals surface area contributed by atoms with E-state index in [1.54, 1.807) is 0 Å². The van der Waals surface area contributed by atoms with Crippen LogP contribution in [0.2, 0.25) is 0 Å². The lowest BCUT2D eigenvalue weighted by molar-refractivity contribution is -0.270. The van der Waals surface area contributed by atoms with E-state index in [1.165, 1.54) is 0 Å². The van der Waals surface area contributed by atoms with Crippen molar-refractivity contribution in [1.82, 2.24) is 0 Å². The van der Waals surface area contributed by atoms with Gasteiger partial charge in [0, 0.05) is 6.42 Å². The number of fused-ring (bicyclic) bond motifs is 2. The maximum absolute atomic E-state index is 12.4. The Morgan fingerprint density at radius 1 is 0.615 bits per heavy atom. The van der Waals surface area contributed by atoms with E-state index < -0.39 is 24.4 Å². The van der Waals surface area contributed by atoms with Crippen LogP contribution in [0.4, 0.5) is 0 Å². The molecule has 0 unspecified atom stereocenters. The van der Waals surface area contributed by atoms with E-state index in [1.807, 2.05) is 97.1 Å². The molecule has 204 valence electrons. The van der Waals surface area contributed by atoms with Gasteiger partial charge in [0.25, 0.3) is 0 Å². The second-order valence-corrected chi connectivity index (χ2v) is 9.93. The molecule has 6 nitrogen and oxygen atoms in total. The predicted octanol–water partition coefficient (Wildman–Crippen LogP) is 5.79. The lowest BCUT2D eigenvalue weighted by Crippen LogP contribution is -2.61. The Hall–Kier alpha value is -3.29. The highest BCUT2D eigenvalue weighted by molar-refractivity contribution is 5.69. The Morgan fingerprint density at radius 2 is 1.10 bits per heavy atom. The lowest BCUT2D eigenvalue weighted by atomic mass is 9.92. The molecule has 0 saturated carbocycles. The summed E-state index contributed by atoms with van der Waals surface area (Å²) in [5, 5.41) is 0. The summed E-state index contributed by atoms with van der Waals surface area (Å²) >= 11 is 0. The molecule has 0 aromatic heterocycles. The second-order valence-electron chi connectivity index (χ2n) is 9.93. The SMILES string of the molecule is O=C1CCC=CC[C@H]2O[C@H](CO1)[C@@H](OCc1ccccc1)[C@H](OCc1ccccc1)[C@H]2OCc1ccccc1. The third-order valence-electron chi connectivity index (χ3n) is 7.04. The van der Waals surface area contributed by atoms with Crippen molar-refractivity contribution < 1.29 is 28.5 Å². The smallest absolute Gasteiger partial charge is 0.306 e. The molecule has 39 heavy (non-hydrogen) atoms. The van der Waals surface area contributed by atoms with Gasteiger partial charge in [0.15, 0.2) is 0 Å². The number of carbonyl (C=O) groups is 1. The van der Waals surface area contributed by atoms with Gasteiger partial charge in [-0.05, 0) is 29.5 Å². The molecular weight excluding hydrogens is 492 g/mol. The number of ether oxygens (including phenoxy) is 5. The highest BCUT2D eigenvalue weighted by atomic mass is 16.6. The highest BCUT2D eigenvalue weighted by Gasteiger charge is 2.48. The molecule has 1 saturated heterocycles. The standard InChI is InChI=1S/C33H36O6/c34-30-20-12-4-11-19-28-31(36-21-25-13-5-1-6-14-25)33(38-23-27-17-9-3-10-18-27)32(29(39-28)24-35-30)37-22-26-15-7-2-8-16-26/h1-11,13-18,28-29,31-33H,12,19-24H2/t28-,29-,31+,32-,33-/m1/s1. The molecule has 2 bridgehead atoms. The van der Waals surface area contributed by atoms with Gasteiger partial charge in [-0.3, -0.25) is 4.79 Å². The average Bonchev–Trinajstić information content (AvgIpc) is 3.02. The van der Waals surface area contributed by atoms with Crippen LogP contribution in [0.3, 0.4) is 0 Å². The number of benzene rings is 3. The lowest BCUT2D eigenvalue weighted by Gasteiger charge is -2.46. The topological polar surface area (TPSA) is 63.2 Å². The largest absolute Gasteiger partial charge is 0.463 e. The Kier molecular flexibility index (Phi) is 9.93.